The van der Waals surface area contributed by atoms with E-state index in [1.807, 2.05) is 6.92 Å². The molecule has 0 saturated heterocycles. The van der Waals surface area contributed by atoms with Crippen molar-refractivity contribution in [3.05, 3.63) is 46.0 Å². The van der Waals surface area contributed by atoms with Gasteiger partial charge < -0.3 is 0 Å². The van der Waals surface area contributed by atoms with E-state index >= 15 is 0 Å². The Morgan fingerprint density at radius 3 is 2.82 bits per heavy atom. The molecule has 1 aromatic heterocycles. The van der Waals surface area contributed by atoms with Crippen LogP contribution >= 0.6 is 12.2 Å². The molecule has 1 heterocycles. The maximum absolute atomic E-state index is 13.5. The van der Waals surface area contributed by atoms with E-state index in [1.165, 1.54) is 12.1 Å². The Labute approximate surface area is 102 Å². The van der Waals surface area contributed by atoms with E-state index in [-0.39, 0.29) is 6.54 Å². The average molecular weight is 255 g/mol. The van der Waals surface area contributed by atoms with Crippen molar-refractivity contribution in [2.24, 2.45) is 0 Å². The van der Waals surface area contributed by atoms with Gasteiger partial charge in [0.1, 0.15) is 17.5 Å². The number of rotatable bonds is 3. The third-order valence-electron chi connectivity index (χ3n) is 2.50. The Kier molecular flexibility index (Phi) is 3.33. The Morgan fingerprint density at radius 1 is 1.41 bits per heavy atom. The monoisotopic (exact) mass is 255 g/mol. The van der Waals surface area contributed by atoms with Gasteiger partial charge in [-0.25, -0.2) is 8.78 Å². The standard InChI is InChI=1S/C11H11F2N3S/c1-2-10-14-15-11(17)16(10)6-7-3-4-8(12)5-9(7)13/h3-5H,2,6H2,1H3,(H,15,17). The first kappa shape index (κ1) is 11.9. The van der Waals surface area contributed by atoms with Crippen molar-refractivity contribution in [3.63, 3.8) is 0 Å². The van der Waals surface area contributed by atoms with Gasteiger partial charge in [-0.1, -0.05) is 13.0 Å². The van der Waals surface area contributed by atoms with Gasteiger partial charge in [0.25, 0.3) is 0 Å². The lowest BCUT2D eigenvalue weighted by Crippen LogP contribution is -2.06. The molecule has 1 N–H and O–H groups in total. The van der Waals surface area contributed by atoms with Gasteiger partial charge in [-0.15, -0.1) is 0 Å². The largest absolute Gasteiger partial charge is 0.300 e. The van der Waals surface area contributed by atoms with Crippen LogP contribution < -0.4 is 0 Å². The first-order valence-corrected chi connectivity index (χ1v) is 5.60. The van der Waals surface area contributed by atoms with Crippen molar-refractivity contribution >= 4 is 12.2 Å². The van der Waals surface area contributed by atoms with E-state index in [2.05, 4.69) is 10.2 Å². The molecule has 0 aliphatic carbocycles. The lowest BCUT2D eigenvalue weighted by molar-refractivity contribution is 0.563. The second kappa shape index (κ2) is 4.75. The topological polar surface area (TPSA) is 33.6 Å². The molecule has 0 atom stereocenters. The first-order chi connectivity index (χ1) is 8.11. The Bertz CT molecular complexity index is 589. The summed E-state index contributed by atoms with van der Waals surface area (Å²) in [6.45, 7) is 2.19. The molecule has 0 saturated carbocycles. The van der Waals surface area contributed by atoms with Crippen LogP contribution in [0.25, 0.3) is 0 Å². The van der Waals surface area contributed by atoms with Gasteiger partial charge in [-0.3, -0.25) is 9.67 Å². The van der Waals surface area contributed by atoms with Crippen molar-refractivity contribution in [2.75, 3.05) is 0 Å². The van der Waals surface area contributed by atoms with Crippen LogP contribution in [0.4, 0.5) is 8.78 Å². The summed E-state index contributed by atoms with van der Waals surface area (Å²) in [4.78, 5) is 0. The maximum Gasteiger partial charge on any atom is 0.195 e. The van der Waals surface area contributed by atoms with Crippen molar-refractivity contribution in [3.8, 4) is 0 Å². The highest BCUT2D eigenvalue weighted by Gasteiger charge is 2.08. The normalized spacial score (nSPS) is 10.8. The van der Waals surface area contributed by atoms with Gasteiger partial charge in [0.2, 0.25) is 0 Å². The molecule has 2 aromatic rings. The number of aromatic amines is 1. The van der Waals surface area contributed by atoms with Crippen LogP contribution in [0.15, 0.2) is 18.2 Å². The zero-order valence-electron chi connectivity index (χ0n) is 9.20. The number of benzene rings is 1. The number of aryl methyl sites for hydroxylation is 1. The Balaban J connectivity index is 2.37. The highest BCUT2D eigenvalue weighted by atomic mass is 32.1. The Morgan fingerprint density at radius 2 is 2.18 bits per heavy atom. The van der Waals surface area contributed by atoms with Crippen LogP contribution in [0.5, 0.6) is 0 Å². The third kappa shape index (κ3) is 2.41. The fourth-order valence-corrected chi connectivity index (χ4v) is 1.82. The second-order valence-corrected chi connectivity index (χ2v) is 4.01. The van der Waals surface area contributed by atoms with Gasteiger partial charge >= 0.3 is 0 Å². The van der Waals surface area contributed by atoms with Gasteiger partial charge in [-0.2, -0.15) is 5.10 Å². The zero-order valence-corrected chi connectivity index (χ0v) is 10.0. The maximum atomic E-state index is 13.5. The van der Waals surface area contributed by atoms with E-state index in [9.17, 15) is 8.78 Å². The van der Waals surface area contributed by atoms with E-state index in [0.717, 1.165) is 11.9 Å². The van der Waals surface area contributed by atoms with E-state index in [0.29, 0.717) is 16.8 Å². The number of nitrogens with one attached hydrogen (secondary N) is 1. The summed E-state index contributed by atoms with van der Waals surface area (Å²) in [6, 6.07) is 3.51. The SMILES string of the molecule is CCc1n[nH]c(=S)n1Cc1ccc(F)cc1F. The fraction of sp³-hybridized carbons (Fsp3) is 0.273. The smallest absolute Gasteiger partial charge is 0.195 e. The molecule has 90 valence electrons. The summed E-state index contributed by atoms with van der Waals surface area (Å²) in [5, 5.41) is 6.69. The van der Waals surface area contributed by atoms with E-state index < -0.39 is 11.6 Å². The molecule has 0 aliphatic heterocycles. The number of nitrogens with zero attached hydrogens (tertiary/aromatic N) is 2. The molecule has 0 spiro atoms. The highest BCUT2D eigenvalue weighted by Crippen LogP contribution is 2.12. The molecular weight excluding hydrogens is 244 g/mol. The predicted molar refractivity (Wildman–Crippen MR) is 62.2 cm³/mol. The van der Waals surface area contributed by atoms with Crippen LogP contribution in [0.2, 0.25) is 0 Å². The Hall–Kier alpha value is -1.56. The lowest BCUT2D eigenvalue weighted by atomic mass is 10.2. The van der Waals surface area contributed by atoms with Gasteiger partial charge in [0, 0.05) is 18.1 Å². The lowest BCUT2D eigenvalue weighted by Gasteiger charge is -2.06. The van der Waals surface area contributed by atoms with Crippen LogP contribution in [0.1, 0.15) is 18.3 Å². The number of H-pyrrole nitrogens is 1. The van der Waals surface area contributed by atoms with Gasteiger partial charge in [0.15, 0.2) is 4.77 Å². The number of hydrogen-bond donors (Lipinski definition) is 1. The number of hydrogen-bond acceptors (Lipinski definition) is 2. The molecular formula is C11H11F2N3S. The molecule has 17 heavy (non-hydrogen) atoms. The summed E-state index contributed by atoms with van der Waals surface area (Å²) in [5.41, 5.74) is 0.388. The van der Waals surface area contributed by atoms with Gasteiger partial charge in [-0.05, 0) is 18.3 Å². The number of aromatic nitrogens is 3. The van der Waals surface area contributed by atoms with Crippen LogP contribution in [-0.2, 0) is 13.0 Å². The third-order valence-corrected chi connectivity index (χ3v) is 2.81. The molecule has 6 heteroatoms. The minimum Gasteiger partial charge on any atom is -0.300 e. The summed E-state index contributed by atoms with van der Waals surface area (Å²) in [7, 11) is 0. The predicted octanol–water partition coefficient (Wildman–Crippen LogP) is 2.83. The molecule has 0 fully saturated rings. The summed E-state index contributed by atoms with van der Waals surface area (Å²) >= 11 is 5.06. The molecule has 2 rings (SSSR count). The zero-order chi connectivity index (χ0) is 12.4. The van der Waals surface area contributed by atoms with Crippen molar-refractivity contribution in [1.82, 2.24) is 14.8 Å². The summed E-state index contributed by atoms with van der Waals surface area (Å²) < 4.78 is 28.4. The van der Waals surface area contributed by atoms with Gasteiger partial charge in [0.05, 0.1) is 6.54 Å². The van der Waals surface area contributed by atoms with E-state index in [1.54, 1.807) is 4.57 Å². The highest BCUT2D eigenvalue weighted by molar-refractivity contribution is 7.71. The van der Waals surface area contributed by atoms with Crippen molar-refractivity contribution in [1.29, 1.82) is 0 Å². The summed E-state index contributed by atoms with van der Waals surface area (Å²) in [5.74, 6) is -0.411. The minimum atomic E-state index is -0.585. The molecule has 0 bridgehead atoms. The molecule has 0 radical (unpaired) electrons. The van der Waals surface area contributed by atoms with Crippen LogP contribution in [0.3, 0.4) is 0 Å². The minimum absolute atomic E-state index is 0.255. The van der Waals surface area contributed by atoms with Crippen molar-refractivity contribution < 1.29 is 8.78 Å². The molecule has 0 amide bonds. The van der Waals surface area contributed by atoms with Crippen molar-refractivity contribution in [2.45, 2.75) is 19.9 Å². The first-order valence-electron chi connectivity index (χ1n) is 5.19. The molecule has 1 aromatic carbocycles. The average Bonchev–Trinajstić information content (AvgIpc) is 2.64. The molecule has 0 aliphatic rings. The number of halogens is 2. The second-order valence-electron chi connectivity index (χ2n) is 3.62. The van der Waals surface area contributed by atoms with E-state index in [4.69, 9.17) is 12.2 Å². The molecule has 3 nitrogen and oxygen atoms in total. The summed E-state index contributed by atoms with van der Waals surface area (Å²) in [6.07, 6.45) is 0.690. The fourth-order valence-electron chi connectivity index (χ4n) is 1.60. The quantitative estimate of drug-likeness (QED) is 0.856. The van der Waals surface area contributed by atoms with Crippen LogP contribution in [0, 0.1) is 16.4 Å². The van der Waals surface area contributed by atoms with Crippen LogP contribution in [-0.4, -0.2) is 14.8 Å². The molecule has 0 unspecified atom stereocenters.